The van der Waals surface area contributed by atoms with Crippen molar-refractivity contribution in [3.05, 3.63) is 24.3 Å². The quantitative estimate of drug-likeness (QED) is 0.395. The molecule has 12 heavy (non-hydrogen) atoms. The number of benzene rings is 1. The van der Waals surface area contributed by atoms with E-state index in [1.54, 1.807) is 18.8 Å². The molecule has 2 nitrogen and oxygen atoms in total. The third-order valence-electron chi connectivity index (χ3n) is 1.61. The Morgan fingerprint density at radius 3 is 2.33 bits per heavy atom. The van der Waals surface area contributed by atoms with E-state index in [2.05, 4.69) is 0 Å². The van der Waals surface area contributed by atoms with Crippen LogP contribution in [0.3, 0.4) is 0 Å². The zero-order chi connectivity index (χ0) is 8.97. The van der Waals surface area contributed by atoms with Gasteiger partial charge in [-0.15, -0.1) is 11.8 Å². The first-order valence-corrected chi connectivity index (χ1v) is 4.78. The van der Waals surface area contributed by atoms with Gasteiger partial charge in [-0.1, -0.05) is 0 Å². The Bertz CT molecular complexity index is 286. The molecule has 0 fully saturated rings. The molecule has 0 aromatic heterocycles. The highest BCUT2D eigenvalue weighted by molar-refractivity contribution is 7.98. The maximum atomic E-state index is 8.59. The van der Waals surface area contributed by atoms with Crippen LogP contribution in [0.1, 0.15) is 0 Å². The van der Waals surface area contributed by atoms with E-state index in [0.29, 0.717) is 0 Å². The van der Waals surface area contributed by atoms with Gasteiger partial charge in [-0.2, -0.15) is 5.26 Å². The molecule has 3 heteroatoms. The summed E-state index contributed by atoms with van der Waals surface area (Å²) < 4.78 is 0. The molecule has 0 heterocycles. The number of hydrogen-bond donors (Lipinski definition) is 0. The van der Waals surface area contributed by atoms with Crippen molar-refractivity contribution < 1.29 is 0 Å². The van der Waals surface area contributed by atoms with Crippen molar-refractivity contribution in [2.75, 3.05) is 18.2 Å². The fraction of sp³-hybridized carbons (Fsp3) is 0.222. The van der Waals surface area contributed by atoms with E-state index < -0.39 is 0 Å². The third kappa shape index (κ3) is 1.93. The van der Waals surface area contributed by atoms with E-state index in [9.17, 15) is 0 Å². The van der Waals surface area contributed by atoms with Gasteiger partial charge in [0.05, 0.1) is 5.69 Å². The molecule has 0 aliphatic rings. The number of hydrogen-bond acceptors (Lipinski definition) is 3. The van der Waals surface area contributed by atoms with Crippen LogP contribution in [0.5, 0.6) is 0 Å². The SMILES string of the molecule is CSc1ccc(N(C)C#N)cc1. The molecule has 0 atom stereocenters. The van der Waals surface area contributed by atoms with Gasteiger partial charge < -0.3 is 0 Å². The van der Waals surface area contributed by atoms with Crippen LogP contribution in [0, 0.1) is 11.5 Å². The van der Waals surface area contributed by atoms with Crippen molar-refractivity contribution in [2.45, 2.75) is 4.90 Å². The lowest BCUT2D eigenvalue weighted by molar-refractivity contribution is 1.20. The van der Waals surface area contributed by atoms with Gasteiger partial charge in [0.1, 0.15) is 0 Å². The summed E-state index contributed by atoms with van der Waals surface area (Å²) in [7, 11) is 1.74. The van der Waals surface area contributed by atoms with E-state index >= 15 is 0 Å². The fourth-order valence-electron chi connectivity index (χ4n) is 0.864. The van der Waals surface area contributed by atoms with E-state index in [1.165, 1.54) is 9.80 Å². The number of thioether (sulfide) groups is 1. The Balaban J connectivity index is 2.86. The predicted molar refractivity (Wildman–Crippen MR) is 52.2 cm³/mol. The van der Waals surface area contributed by atoms with Crippen molar-refractivity contribution in [1.82, 2.24) is 0 Å². The smallest absolute Gasteiger partial charge is 0.183 e. The number of nitriles is 1. The topological polar surface area (TPSA) is 27.0 Å². The molecule has 0 aliphatic heterocycles. The van der Waals surface area contributed by atoms with Crippen LogP contribution >= 0.6 is 11.8 Å². The maximum Gasteiger partial charge on any atom is 0.183 e. The van der Waals surface area contributed by atoms with Gasteiger partial charge in [0.2, 0.25) is 0 Å². The van der Waals surface area contributed by atoms with Crippen molar-refractivity contribution in [1.29, 1.82) is 5.26 Å². The van der Waals surface area contributed by atoms with Crippen LogP contribution in [0.25, 0.3) is 0 Å². The summed E-state index contributed by atoms with van der Waals surface area (Å²) in [4.78, 5) is 2.74. The third-order valence-corrected chi connectivity index (χ3v) is 2.35. The highest BCUT2D eigenvalue weighted by Crippen LogP contribution is 2.18. The molecule has 1 aromatic carbocycles. The molecular formula is C9H10N2S. The fourth-order valence-corrected chi connectivity index (χ4v) is 1.27. The van der Waals surface area contributed by atoms with Crippen LogP contribution in [-0.2, 0) is 0 Å². The first-order valence-electron chi connectivity index (χ1n) is 3.55. The van der Waals surface area contributed by atoms with Gasteiger partial charge in [-0.05, 0) is 30.5 Å². The van der Waals surface area contributed by atoms with E-state index in [1.807, 2.05) is 36.7 Å². The first-order chi connectivity index (χ1) is 5.77. The Labute approximate surface area is 76.8 Å². The summed E-state index contributed by atoms with van der Waals surface area (Å²) in [6, 6.07) is 7.89. The van der Waals surface area contributed by atoms with Crippen molar-refractivity contribution >= 4 is 17.4 Å². The number of anilines is 1. The highest BCUT2D eigenvalue weighted by Gasteiger charge is 1.97. The lowest BCUT2D eigenvalue weighted by atomic mass is 10.3. The summed E-state index contributed by atoms with van der Waals surface area (Å²) in [6.07, 6.45) is 4.08. The molecule has 0 aliphatic carbocycles. The molecule has 1 rings (SSSR count). The summed E-state index contributed by atoms with van der Waals surface area (Å²) >= 11 is 1.70. The van der Waals surface area contributed by atoms with Crippen LogP contribution in [-0.4, -0.2) is 13.3 Å². The summed E-state index contributed by atoms with van der Waals surface area (Å²) in [5.41, 5.74) is 0.926. The molecule has 0 saturated carbocycles. The lowest BCUT2D eigenvalue weighted by Gasteiger charge is -2.08. The summed E-state index contributed by atoms with van der Waals surface area (Å²) in [6.45, 7) is 0. The lowest BCUT2D eigenvalue weighted by Crippen LogP contribution is -2.07. The monoisotopic (exact) mass is 178 g/mol. The van der Waals surface area contributed by atoms with Gasteiger partial charge in [0.15, 0.2) is 6.19 Å². The zero-order valence-corrected chi connectivity index (χ0v) is 7.93. The zero-order valence-electron chi connectivity index (χ0n) is 7.11. The van der Waals surface area contributed by atoms with Crippen molar-refractivity contribution in [3.63, 3.8) is 0 Å². The predicted octanol–water partition coefficient (Wildman–Crippen LogP) is 2.33. The van der Waals surface area contributed by atoms with Gasteiger partial charge in [0.25, 0.3) is 0 Å². The molecule has 0 unspecified atom stereocenters. The molecule has 62 valence electrons. The van der Waals surface area contributed by atoms with E-state index in [-0.39, 0.29) is 0 Å². The standard InChI is InChI=1S/C9H10N2S/c1-11(7-10)8-3-5-9(12-2)6-4-8/h3-6H,1-2H3. The molecule has 1 aromatic rings. The Hall–Kier alpha value is -1.14. The molecule has 0 bridgehead atoms. The second-order valence-corrected chi connectivity index (χ2v) is 3.24. The van der Waals surface area contributed by atoms with Gasteiger partial charge in [-0.25, -0.2) is 0 Å². The summed E-state index contributed by atoms with van der Waals surface area (Å²) in [5.74, 6) is 0. The van der Waals surface area contributed by atoms with E-state index in [0.717, 1.165) is 5.69 Å². The van der Waals surface area contributed by atoms with Crippen LogP contribution in [0.4, 0.5) is 5.69 Å². The molecular weight excluding hydrogens is 168 g/mol. The molecule has 0 saturated heterocycles. The molecule has 0 N–H and O–H groups in total. The second kappa shape index (κ2) is 4.03. The number of nitrogens with zero attached hydrogens (tertiary/aromatic N) is 2. The molecule has 0 amide bonds. The maximum absolute atomic E-state index is 8.59. The average molecular weight is 178 g/mol. The van der Waals surface area contributed by atoms with Crippen molar-refractivity contribution in [3.8, 4) is 6.19 Å². The average Bonchev–Trinajstić information content (AvgIpc) is 2.17. The van der Waals surface area contributed by atoms with Crippen LogP contribution in [0.15, 0.2) is 29.2 Å². The minimum absolute atomic E-state index is 0.926. The minimum atomic E-state index is 0.926. The largest absolute Gasteiger partial charge is 0.283 e. The minimum Gasteiger partial charge on any atom is -0.283 e. The first kappa shape index (κ1) is 8.95. The van der Waals surface area contributed by atoms with Gasteiger partial charge >= 0.3 is 0 Å². The Morgan fingerprint density at radius 2 is 1.92 bits per heavy atom. The van der Waals surface area contributed by atoms with E-state index in [4.69, 9.17) is 5.26 Å². The second-order valence-electron chi connectivity index (χ2n) is 2.36. The molecule has 0 radical (unpaired) electrons. The van der Waals surface area contributed by atoms with Crippen LogP contribution < -0.4 is 4.90 Å². The number of rotatable bonds is 2. The molecule has 0 spiro atoms. The normalized spacial score (nSPS) is 9.08. The Morgan fingerprint density at radius 1 is 1.33 bits per heavy atom. The van der Waals surface area contributed by atoms with Gasteiger partial charge in [-0.3, -0.25) is 4.90 Å². The highest BCUT2D eigenvalue weighted by atomic mass is 32.2. The Kier molecular flexibility index (Phi) is 3.01. The van der Waals surface area contributed by atoms with Gasteiger partial charge in [0, 0.05) is 11.9 Å². The van der Waals surface area contributed by atoms with Crippen molar-refractivity contribution in [2.24, 2.45) is 0 Å². The van der Waals surface area contributed by atoms with Crippen LogP contribution in [0.2, 0.25) is 0 Å². The summed E-state index contributed by atoms with van der Waals surface area (Å²) in [5, 5.41) is 8.59.